The lowest BCUT2D eigenvalue weighted by atomic mass is 10.2. The van der Waals surface area contributed by atoms with Crippen LogP contribution in [0.15, 0.2) is 46.9 Å². The van der Waals surface area contributed by atoms with Gasteiger partial charge in [0.25, 0.3) is 0 Å². The van der Waals surface area contributed by atoms with E-state index in [2.05, 4.69) is 69.1 Å². The third kappa shape index (κ3) is 3.10. The Kier molecular flexibility index (Phi) is 4.37. The molecular formula is C15H17BrN2. The van der Waals surface area contributed by atoms with Crippen LogP contribution in [0.25, 0.3) is 0 Å². The highest BCUT2D eigenvalue weighted by Gasteiger charge is 2.07. The van der Waals surface area contributed by atoms with Gasteiger partial charge in [-0.15, -0.1) is 0 Å². The van der Waals surface area contributed by atoms with Gasteiger partial charge in [-0.3, -0.25) is 0 Å². The molecule has 1 aromatic heterocycles. The van der Waals surface area contributed by atoms with Crippen molar-refractivity contribution in [3.63, 3.8) is 0 Å². The molecule has 94 valence electrons. The van der Waals surface area contributed by atoms with Crippen molar-refractivity contribution in [2.24, 2.45) is 0 Å². The van der Waals surface area contributed by atoms with Crippen LogP contribution in [-0.2, 0) is 6.54 Å². The smallest absolute Gasteiger partial charge is 0.129 e. The van der Waals surface area contributed by atoms with Gasteiger partial charge in [0.05, 0.1) is 5.69 Å². The van der Waals surface area contributed by atoms with Crippen LogP contribution in [0, 0.1) is 6.92 Å². The summed E-state index contributed by atoms with van der Waals surface area (Å²) in [7, 11) is 0. The SMILES string of the molecule is CCN(Cc1ccccc1)c1ccc(Br)c(C)n1. The molecular weight excluding hydrogens is 288 g/mol. The molecule has 0 spiro atoms. The number of hydrogen-bond donors (Lipinski definition) is 0. The van der Waals surface area contributed by atoms with Crippen molar-refractivity contribution in [1.82, 2.24) is 4.98 Å². The average Bonchev–Trinajstić information content (AvgIpc) is 2.40. The first-order chi connectivity index (χ1) is 8.70. The molecule has 0 aliphatic heterocycles. The standard InChI is InChI=1S/C15H17BrN2/c1-3-18(11-13-7-5-4-6-8-13)15-10-9-14(16)12(2)17-15/h4-10H,3,11H2,1-2H3. The van der Waals surface area contributed by atoms with Gasteiger partial charge in [0.15, 0.2) is 0 Å². The Hall–Kier alpha value is -1.35. The summed E-state index contributed by atoms with van der Waals surface area (Å²) in [4.78, 5) is 6.89. The van der Waals surface area contributed by atoms with E-state index in [1.807, 2.05) is 13.0 Å². The number of benzene rings is 1. The molecule has 0 unspecified atom stereocenters. The van der Waals surface area contributed by atoms with E-state index in [1.165, 1.54) is 5.56 Å². The monoisotopic (exact) mass is 304 g/mol. The van der Waals surface area contributed by atoms with Crippen LogP contribution in [0.4, 0.5) is 5.82 Å². The molecule has 1 heterocycles. The highest BCUT2D eigenvalue weighted by atomic mass is 79.9. The van der Waals surface area contributed by atoms with Crippen molar-refractivity contribution in [3.05, 3.63) is 58.2 Å². The Labute approximate surface area is 117 Å². The van der Waals surface area contributed by atoms with Crippen LogP contribution in [-0.4, -0.2) is 11.5 Å². The highest BCUT2D eigenvalue weighted by molar-refractivity contribution is 9.10. The van der Waals surface area contributed by atoms with Gasteiger partial charge < -0.3 is 4.90 Å². The minimum absolute atomic E-state index is 0.894. The Bertz CT molecular complexity index is 511. The molecule has 0 radical (unpaired) electrons. The summed E-state index contributed by atoms with van der Waals surface area (Å²) in [5.74, 6) is 1.03. The Morgan fingerprint density at radius 1 is 1.11 bits per heavy atom. The highest BCUT2D eigenvalue weighted by Crippen LogP contribution is 2.20. The maximum atomic E-state index is 4.62. The summed E-state index contributed by atoms with van der Waals surface area (Å²) in [6, 6.07) is 14.6. The molecule has 18 heavy (non-hydrogen) atoms. The lowest BCUT2D eigenvalue weighted by molar-refractivity contribution is 0.810. The molecule has 0 bridgehead atoms. The number of aryl methyl sites for hydroxylation is 1. The minimum Gasteiger partial charge on any atom is -0.353 e. The maximum absolute atomic E-state index is 4.62. The third-order valence-electron chi connectivity index (χ3n) is 2.93. The first-order valence-corrected chi connectivity index (χ1v) is 6.92. The number of halogens is 1. The number of pyridine rings is 1. The molecule has 0 fully saturated rings. The Morgan fingerprint density at radius 3 is 2.44 bits per heavy atom. The second-order valence-corrected chi connectivity index (χ2v) is 5.09. The van der Waals surface area contributed by atoms with Crippen LogP contribution >= 0.6 is 15.9 Å². The topological polar surface area (TPSA) is 16.1 Å². The van der Waals surface area contributed by atoms with E-state index in [0.29, 0.717) is 0 Å². The second kappa shape index (κ2) is 6.01. The van der Waals surface area contributed by atoms with Crippen LogP contribution in [0.3, 0.4) is 0 Å². The van der Waals surface area contributed by atoms with Crippen molar-refractivity contribution in [3.8, 4) is 0 Å². The molecule has 0 aliphatic rings. The van der Waals surface area contributed by atoms with Gasteiger partial charge in [-0.1, -0.05) is 30.3 Å². The summed E-state index contributed by atoms with van der Waals surface area (Å²) in [5, 5.41) is 0. The summed E-state index contributed by atoms with van der Waals surface area (Å²) < 4.78 is 1.06. The van der Waals surface area contributed by atoms with Gasteiger partial charge in [0, 0.05) is 17.6 Å². The quantitative estimate of drug-likeness (QED) is 0.842. The molecule has 1 aromatic carbocycles. The fourth-order valence-electron chi connectivity index (χ4n) is 1.87. The molecule has 2 nitrogen and oxygen atoms in total. The van der Waals surface area contributed by atoms with E-state index in [-0.39, 0.29) is 0 Å². The fourth-order valence-corrected chi connectivity index (χ4v) is 2.09. The summed E-state index contributed by atoms with van der Waals surface area (Å²) in [5.41, 5.74) is 2.33. The summed E-state index contributed by atoms with van der Waals surface area (Å²) >= 11 is 3.49. The predicted octanol–water partition coefficient (Wildman–Crippen LogP) is 4.18. The summed E-state index contributed by atoms with van der Waals surface area (Å²) in [6.45, 7) is 6.01. The molecule has 0 aliphatic carbocycles. The molecule has 2 rings (SSSR count). The van der Waals surface area contributed by atoms with Crippen molar-refractivity contribution in [2.45, 2.75) is 20.4 Å². The van der Waals surface area contributed by atoms with E-state index in [1.54, 1.807) is 0 Å². The van der Waals surface area contributed by atoms with Crippen molar-refractivity contribution in [2.75, 3.05) is 11.4 Å². The van der Waals surface area contributed by atoms with Crippen LogP contribution in [0.1, 0.15) is 18.2 Å². The van der Waals surface area contributed by atoms with E-state index in [4.69, 9.17) is 0 Å². The lowest BCUT2D eigenvalue weighted by Crippen LogP contribution is -2.23. The van der Waals surface area contributed by atoms with E-state index < -0.39 is 0 Å². The molecule has 3 heteroatoms. The molecule has 0 amide bonds. The lowest BCUT2D eigenvalue weighted by Gasteiger charge is -2.22. The minimum atomic E-state index is 0.894. The van der Waals surface area contributed by atoms with Gasteiger partial charge in [-0.2, -0.15) is 0 Å². The number of nitrogens with zero attached hydrogens (tertiary/aromatic N) is 2. The molecule has 0 atom stereocenters. The number of anilines is 1. The first-order valence-electron chi connectivity index (χ1n) is 6.12. The first kappa shape index (κ1) is 13.1. The fraction of sp³-hybridized carbons (Fsp3) is 0.267. The van der Waals surface area contributed by atoms with E-state index in [0.717, 1.165) is 29.1 Å². The van der Waals surface area contributed by atoms with E-state index in [9.17, 15) is 0 Å². The Balaban J connectivity index is 2.20. The van der Waals surface area contributed by atoms with Crippen molar-refractivity contribution < 1.29 is 0 Å². The van der Waals surface area contributed by atoms with Gasteiger partial charge in [-0.25, -0.2) is 4.98 Å². The average molecular weight is 305 g/mol. The summed E-state index contributed by atoms with van der Waals surface area (Å²) in [6.07, 6.45) is 0. The van der Waals surface area contributed by atoms with Crippen molar-refractivity contribution in [1.29, 1.82) is 0 Å². The maximum Gasteiger partial charge on any atom is 0.129 e. The predicted molar refractivity (Wildman–Crippen MR) is 79.8 cm³/mol. The van der Waals surface area contributed by atoms with Crippen LogP contribution < -0.4 is 4.90 Å². The van der Waals surface area contributed by atoms with Gasteiger partial charge in [0.2, 0.25) is 0 Å². The number of aromatic nitrogens is 1. The number of rotatable bonds is 4. The zero-order valence-electron chi connectivity index (χ0n) is 10.7. The molecule has 2 aromatic rings. The van der Waals surface area contributed by atoms with Crippen LogP contribution in [0.5, 0.6) is 0 Å². The molecule has 0 N–H and O–H groups in total. The molecule has 0 saturated carbocycles. The number of hydrogen-bond acceptors (Lipinski definition) is 2. The van der Waals surface area contributed by atoms with Crippen molar-refractivity contribution >= 4 is 21.7 Å². The second-order valence-electron chi connectivity index (χ2n) is 4.24. The zero-order chi connectivity index (χ0) is 13.0. The largest absolute Gasteiger partial charge is 0.353 e. The normalized spacial score (nSPS) is 10.4. The van der Waals surface area contributed by atoms with Gasteiger partial charge in [0.1, 0.15) is 5.82 Å². The van der Waals surface area contributed by atoms with Gasteiger partial charge >= 0.3 is 0 Å². The zero-order valence-corrected chi connectivity index (χ0v) is 12.3. The third-order valence-corrected chi connectivity index (χ3v) is 3.77. The van der Waals surface area contributed by atoms with Gasteiger partial charge in [-0.05, 0) is 47.5 Å². The molecule has 0 saturated heterocycles. The van der Waals surface area contributed by atoms with E-state index >= 15 is 0 Å². The Morgan fingerprint density at radius 2 is 1.83 bits per heavy atom. The van der Waals surface area contributed by atoms with Crippen LogP contribution in [0.2, 0.25) is 0 Å².